The normalized spacial score (nSPS) is 26.2. The molecule has 1 unspecified atom stereocenters. The van der Waals surface area contributed by atoms with Gasteiger partial charge in [0.05, 0.1) is 0 Å². The van der Waals surface area contributed by atoms with Gasteiger partial charge in [-0.1, -0.05) is 6.07 Å². The van der Waals surface area contributed by atoms with Crippen molar-refractivity contribution in [2.75, 3.05) is 6.61 Å². The molecule has 1 aromatic carbocycles. The average molecular weight is 328 g/mol. The fourth-order valence-corrected chi connectivity index (χ4v) is 4.06. The highest BCUT2D eigenvalue weighted by atomic mass is 16.3. The van der Waals surface area contributed by atoms with Gasteiger partial charge in [-0.3, -0.25) is 19.7 Å². The molecule has 1 aliphatic carbocycles. The number of nitrogens with one attached hydrogen (secondary N) is 1. The van der Waals surface area contributed by atoms with Crippen LogP contribution in [-0.2, 0) is 29.0 Å². The van der Waals surface area contributed by atoms with E-state index in [2.05, 4.69) is 11.4 Å². The van der Waals surface area contributed by atoms with Crippen LogP contribution in [0, 0.1) is 5.92 Å². The Hall–Kier alpha value is -2.21. The number of carbonyl (C=O) groups is 3. The number of piperidine rings is 1. The topological polar surface area (TPSA) is 86.7 Å². The lowest BCUT2D eigenvalue weighted by Gasteiger charge is -2.29. The van der Waals surface area contributed by atoms with Crippen molar-refractivity contribution in [1.29, 1.82) is 0 Å². The summed E-state index contributed by atoms with van der Waals surface area (Å²) in [6.45, 7) is 0.601. The van der Waals surface area contributed by atoms with E-state index >= 15 is 0 Å². The van der Waals surface area contributed by atoms with Crippen molar-refractivity contribution in [3.05, 3.63) is 34.4 Å². The molecule has 3 aliphatic rings. The average Bonchev–Trinajstić information content (AvgIpc) is 2.88. The summed E-state index contributed by atoms with van der Waals surface area (Å²) in [5, 5.41) is 11.7. The van der Waals surface area contributed by atoms with Gasteiger partial charge in [0.15, 0.2) is 0 Å². The van der Waals surface area contributed by atoms with E-state index in [4.69, 9.17) is 0 Å². The van der Waals surface area contributed by atoms with Crippen molar-refractivity contribution in [2.24, 2.45) is 5.92 Å². The maximum Gasteiger partial charge on any atom is 0.255 e. The molecule has 0 saturated carbocycles. The number of hydrogen-bond donors (Lipinski definition) is 2. The lowest BCUT2D eigenvalue weighted by atomic mass is 9.82. The second-order valence-electron chi connectivity index (χ2n) is 6.97. The summed E-state index contributed by atoms with van der Waals surface area (Å²) in [5.41, 5.74) is 4.01. The molecular formula is C18H20N2O4. The summed E-state index contributed by atoms with van der Waals surface area (Å²) in [7, 11) is 0. The van der Waals surface area contributed by atoms with Gasteiger partial charge in [0, 0.05) is 25.1 Å². The predicted molar refractivity (Wildman–Crippen MR) is 85.1 cm³/mol. The first-order chi connectivity index (χ1) is 11.6. The van der Waals surface area contributed by atoms with Crippen molar-refractivity contribution < 1.29 is 19.5 Å². The van der Waals surface area contributed by atoms with Crippen LogP contribution in [-0.4, -0.2) is 40.4 Å². The summed E-state index contributed by atoms with van der Waals surface area (Å²) in [6.07, 6.45) is 3.33. The number of aryl methyl sites for hydroxylation is 1. The third-order valence-electron chi connectivity index (χ3n) is 5.43. The van der Waals surface area contributed by atoms with Gasteiger partial charge in [-0.25, -0.2) is 0 Å². The smallest absolute Gasteiger partial charge is 0.255 e. The van der Waals surface area contributed by atoms with Gasteiger partial charge in [0.2, 0.25) is 11.8 Å². The van der Waals surface area contributed by atoms with Crippen LogP contribution in [0.15, 0.2) is 12.1 Å². The monoisotopic (exact) mass is 328 g/mol. The highest BCUT2D eigenvalue weighted by Gasteiger charge is 2.39. The number of rotatable bonds is 2. The number of aliphatic hydroxyl groups is 1. The lowest BCUT2D eigenvalue weighted by Crippen LogP contribution is -2.52. The van der Waals surface area contributed by atoms with Gasteiger partial charge in [0.25, 0.3) is 5.91 Å². The second-order valence-corrected chi connectivity index (χ2v) is 6.97. The number of carbonyl (C=O) groups excluding carboxylic acids is 3. The predicted octanol–water partition coefficient (Wildman–Crippen LogP) is 0.545. The third kappa shape index (κ3) is 2.41. The molecule has 0 radical (unpaired) electrons. The number of hydrogen-bond acceptors (Lipinski definition) is 4. The number of aliphatic hydroxyl groups excluding tert-OH is 1. The molecule has 24 heavy (non-hydrogen) atoms. The molecule has 2 N–H and O–H groups in total. The Bertz CT molecular complexity index is 743. The van der Waals surface area contributed by atoms with E-state index in [1.165, 1.54) is 5.56 Å². The minimum absolute atomic E-state index is 0.131. The first kappa shape index (κ1) is 15.3. The molecule has 2 atom stereocenters. The van der Waals surface area contributed by atoms with E-state index in [9.17, 15) is 19.5 Å². The Balaban J connectivity index is 1.61. The third-order valence-corrected chi connectivity index (χ3v) is 5.43. The summed E-state index contributed by atoms with van der Waals surface area (Å²) >= 11 is 0. The minimum atomic E-state index is -0.565. The molecule has 126 valence electrons. The van der Waals surface area contributed by atoms with Crippen LogP contribution in [0.25, 0.3) is 0 Å². The van der Waals surface area contributed by atoms with Gasteiger partial charge < -0.3 is 10.0 Å². The summed E-state index contributed by atoms with van der Waals surface area (Å²) in [5.74, 6) is -0.518. The van der Waals surface area contributed by atoms with Crippen molar-refractivity contribution in [1.82, 2.24) is 10.2 Å². The van der Waals surface area contributed by atoms with E-state index in [1.807, 2.05) is 6.07 Å². The van der Waals surface area contributed by atoms with E-state index in [0.29, 0.717) is 18.5 Å². The molecule has 6 heteroatoms. The Morgan fingerprint density at radius 2 is 1.92 bits per heavy atom. The van der Waals surface area contributed by atoms with Crippen LogP contribution < -0.4 is 5.32 Å². The fourth-order valence-electron chi connectivity index (χ4n) is 4.06. The zero-order chi connectivity index (χ0) is 16.8. The zero-order valence-electron chi connectivity index (χ0n) is 13.4. The van der Waals surface area contributed by atoms with Crippen LogP contribution in [0.1, 0.15) is 46.3 Å². The molecule has 3 amide bonds. The number of imide groups is 1. The van der Waals surface area contributed by atoms with E-state index in [-0.39, 0.29) is 36.7 Å². The second kappa shape index (κ2) is 5.70. The van der Waals surface area contributed by atoms with Gasteiger partial charge in [-0.2, -0.15) is 0 Å². The largest absolute Gasteiger partial charge is 0.396 e. The summed E-state index contributed by atoms with van der Waals surface area (Å²) in [6, 6.07) is 3.47. The molecule has 0 aromatic heterocycles. The van der Waals surface area contributed by atoms with Crippen LogP contribution in [0.2, 0.25) is 0 Å². The minimum Gasteiger partial charge on any atom is -0.396 e. The number of nitrogens with zero attached hydrogens (tertiary/aromatic N) is 1. The van der Waals surface area contributed by atoms with Crippen LogP contribution >= 0.6 is 0 Å². The van der Waals surface area contributed by atoms with Crippen LogP contribution in [0.4, 0.5) is 0 Å². The molecular weight excluding hydrogens is 308 g/mol. The Labute approximate surface area is 139 Å². The van der Waals surface area contributed by atoms with Crippen molar-refractivity contribution in [3.63, 3.8) is 0 Å². The molecule has 1 fully saturated rings. The molecule has 1 saturated heterocycles. The Kier molecular flexibility index (Phi) is 3.64. The zero-order valence-corrected chi connectivity index (χ0v) is 13.4. The van der Waals surface area contributed by atoms with Crippen LogP contribution in [0.5, 0.6) is 0 Å². The number of amides is 3. The van der Waals surface area contributed by atoms with E-state index in [1.54, 1.807) is 4.90 Å². The Morgan fingerprint density at radius 3 is 2.67 bits per heavy atom. The lowest BCUT2D eigenvalue weighted by molar-refractivity contribution is -0.136. The van der Waals surface area contributed by atoms with Gasteiger partial charge >= 0.3 is 0 Å². The number of benzene rings is 1. The molecule has 0 bridgehead atoms. The molecule has 4 rings (SSSR count). The molecule has 2 aliphatic heterocycles. The van der Waals surface area contributed by atoms with E-state index < -0.39 is 6.04 Å². The molecule has 1 aromatic rings. The maximum absolute atomic E-state index is 12.8. The Morgan fingerprint density at radius 1 is 1.08 bits per heavy atom. The SMILES string of the molecule is O=C1CC[C@@H](N2Cc3cc4c(cc3C2=O)CC(CO)CC4)C(=O)N1. The van der Waals surface area contributed by atoms with Crippen LogP contribution in [0.3, 0.4) is 0 Å². The molecule has 6 nitrogen and oxygen atoms in total. The number of fused-ring (bicyclic) bond motifs is 2. The fraction of sp³-hybridized carbons (Fsp3) is 0.500. The first-order valence-electron chi connectivity index (χ1n) is 8.47. The van der Waals surface area contributed by atoms with Crippen molar-refractivity contribution in [2.45, 2.75) is 44.7 Å². The quantitative estimate of drug-likeness (QED) is 0.776. The van der Waals surface area contributed by atoms with E-state index in [0.717, 1.165) is 30.4 Å². The highest BCUT2D eigenvalue weighted by molar-refractivity contribution is 6.05. The maximum atomic E-state index is 12.8. The van der Waals surface area contributed by atoms with Gasteiger partial charge in [-0.15, -0.1) is 0 Å². The first-order valence-corrected chi connectivity index (χ1v) is 8.47. The van der Waals surface area contributed by atoms with Crippen molar-refractivity contribution >= 4 is 17.7 Å². The van der Waals surface area contributed by atoms with Crippen molar-refractivity contribution in [3.8, 4) is 0 Å². The highest BCUT2D eigenvalue weighted by Crippen LogP contribution is 2.33. The molecule has 2 heterocycles. The standard InChI is InChI=1S/C18H20N2O4/c21-9-10-1-2-11-6-13-8-20(15-3-4-16(22)19-17(15)23)18(24)14(13)7-12(11)5-10/h6-7,10,15,21H,1-5,8-9H2,(H,19,22,23)/t10?,15-/m1/s1. The summed E-state index contributed by atoms with van der Waals surface area (Å²) < 4.78 is 0. The van der Waals surface area contributed by atoms with Gasteiger partial charge in [-0.05, 0) is 54.4 Å². The summed E-state index contributed by atoms with van der Waals surface area (Å²) in [4.78, 5) is 37.7. The van der Waals surface area contributed by atoms with Gasteiger partial charge in [0.1, 0.15) is 6.04 Å². The molecule has 0 spiro atoms.